The van der Waals surface area contributed by atoms with Gasteiger partial charge >= 0.3 is 0 Å². The minimum Gasteiger partial charge on any atom is -0.373 e. The Balaban J connectivity index is 2.80. The maximum atomic E-state index is 11.4. The summed E-state index contributed by atoms with van der Waals surface area (Å²) in [6.07, 6.45) is 0. The molecule has 0 aromatic carbocycles. The molecule has 0 bridgehead atoms. The van der Waals surface area contributed by atoms with Crippen LogP contribution < -0.4 is 10.6 Å². The van der Waals surface area contributed by atoms with Crippen LogP contribution in [0.5, 0.6) is 0 Å². The number of rotatable bonds is 6. The zero-order valence-corrected chi connectivity index (χ0v) is 13.2. The van der Waals surface area contributed by atoms with Crippen molar-refractivity contribution >= 4 is 22.4 Å². The first-order valence-electron chi connectivity index (χ1n) is 6.53. The molecule has 1 aromatic rings. The molecule has 0 radical (unpaired) electrons. The van der Waals surface area contributed by atoms with Gasteiger partial charge in [-0.1, -0.05) is 27.7 Å². The van der Waals surface area contributed by atoms with Crippen LogP contribution in [-0.4, -0.2) is 39.3 Å². The van der Waals surface area contributed by atoms with Gasteiger partial charge in [0.15, 0.2) is 0 Å². The maximum Gasteiger partial charge on any atom is 0.138 e. The van der Waals surface area contributed by atoms with Crippen molar-refractivity contribution in [3.63, 3.8) is 0 Å². The molecule has 0 saturated carbocycles. The molecule has 0 fully saturated rings. The highest BCUT2D eigenvalue weighted by atomic mass is 32.2. The Labute approximate surface area is 118 Å². The van der Waals surface area contributed by atoms with E-state index in [1.807, 2.05) is 20.0 Å². The number of nitrogens with one attached hydrogen (secondary N) is 2. The largest absolute Gasteiger partial charge is 0.373 e. The minimum absolute atomic E-state index is 0.102. The van der Waals surface area contributed by atoms with E-state index in [1.165, 1.54) is 0 Å². The Morgan fingerprint density at radius 2 is 1.89 bits per heavy atom. The molecule has 1 atom stereocenters. The molecule has 2 N–H and O–H groups in total. The molecule has 0 aliphatic heterocycles. The fourth-order valence-electron chi connectivity index (χ4n) is 1.44. The van der Waals surface area contributed by atoms with E-state index in [9.17, 15) is 4.21 Å². The van der Waals surface area contributed by atoms with Crippen LogP contribution in [-0.2, 0) is 16.2 Å². The van der Waals surface area contributed by atoms with Gasteiger partial charge in [-0.25, -0.2) is 9.97 Å². The summed E-state index contributed by atoms with van der Waals surface area (Å²) < 4.78 is 11.4. The standard InChI is InChI=1S/C13H24N4OS/c1-6-19(18)8-7-15-11-9-10(14-5)16-12(17-11)13(2,3)4/h9H,6-8H2,1-5H3,(H2,14,15,16,17). The van der Waals surface area contributed by atoms with Crippen molar-refractivity contribution in [2.45, 2.75) is 33.1 Å². The van der Waals surface area contributed by atoms with E-state index in [0.717, 1.165) is 17.5 Å². The van der Waals surface area contributed by atoms with Crippen molar-refractivity contribution in [3.05, 3.63) is 11.9 Å². The lowest BCUT2D eigenvalue weighted by molar-refractivity contribution is 0.547. The monoisotopic (exact) mass is 284 g/mol. The third-order valence-electron chi connectivity index (χ3n) is 2.61. The minimum atomic E-state index is -0.752. The van der Waals surface area contributed by atoms with Crippen LogP contribution in [0.15, 0.2) is 6.07 Å². The normalized spacial score (nSPS) is 13.1. The van der Waals surface area contributed by atoms with E-state index >= 15 is 0 Å². The third-order valence-corrected chi connectivity index (χ3v) is 3.91. The van der Waals surface area contributed by atoms with Crippen LogP contribution in [0.4, 0.5) is 11.6 Å². The lowest BCUT2D eigenvalue weighted by Crippen LogP contribution is -2.19. The molecule has 0 amide bonds. The highest BCUT2D eigenvalue weighted by Gasteiger charge is 2.18. The van der Waals surface area contributed by atoms with Crippen molar-refractivity contribution in [1.82, 2.24) is 9.97 Å². The summed E-state index contributed by atoms with van der Waals surface area (Å²) in [4.78, 5) is 8.97. The molecule has 19 heavy (non-hydrogen) atoms. The molecular formula is C13H24N4OS. The predicted molar refractivity (Wildman–Crippen MR) is 82.3 cm³/mol. The van der Waals surface area contributed by atoms with Crippen LogP contribution in [0.3, 0.4) is 0 Å². The molecule has 1 rings (SSSR count). The Hall–Kier alpha value is -1.17. The van der Waals surface area contributed by atoms with E-state index in [1.54, 1.807) is 0 Å². The van der Waals surface area contributed by atoms with E-state index in [2.05, 4.69) is 41.4 Å². The van der Waals surface area contributed by atoms with Gasteiger partial charge in [0.25, 0.3) is 0 Å². The molecule has 1 aromatic heterocycles. The number of anilines is 2. The van der Waals surface area contributed by atoms with Gasteiger partial charge < -0.3 is 10.6 Å². The van der Waals surface area contributed by atoms with Crippen LogP contribution in [0, 0.1) is 0 Å². The molecule has 1 unspecified atom stereocenters. The summed E-state index contributed by atoms with van der Waals surface area (Å²) >= 11 is 0. The SMILES string of the molecule is CCS(=O)CCNc1cc(NC)nc(C(C)(C)C)n1. The van der Waals surface area contributed by atoms with Gasteiger partial charge in [-0.3, -0.25) is 4.21 Å². The second-order valence-corrected chi connectivity index (χ2v) is 7.19. The second kappa shape index (κ2) is 6.84. The van der Waals surface area contributed by atoms with Gasteiger partial charge in [-0.2, -0.15) is 0 Å². The van der Waals surface area contributed by atoms with Crippen LogP contribution in [0.2, 0.25) is 0 Å². The molecule has 6 heteroatoms. The number of hydrogen-bond donors (Lipinski definition) is 2. The molecular weight excluding hydrogens is 260 g/mol. The lowest BCUT2D eigenvalue weighted by atomic mass is 9.96. The Morgan fingerprint density at radius 1 is 1.26 bits per heavy atom. The van der Waals surface area contributed by atoms with Crippen molar-refractivity contribution in [1.29, 1.82) is 0 Å². The molecule has 1 heterocycles. The predicted octanol–water partition coefficient (Wildman–Crippen LogP) is 2.00. The summed E-state index contributed by atoms with van der Waals surface area (Å²) in [5, 5.41) is 6.25. The second-order valence-electron chi connectivity index (χ2n) is 5.32. The Bertz CT molecular complexity index is 443. The van der Waals surface area contributed by atoms with E-state index in [-0.39, 0.29) is 5.41 Å². The quantitative estimate of drug-likeness (QED) is 0.836. The number of aromatic nitrogens is 2. The molecule has 108 valence electrons. The summed E-state index contributed by atoms with van der Waals surface area (Å²) in [5.74, 6) is 3.69. The van der Waals surface area contributed by atoms with Crippen molar-refractivity contribution < 1.29 is 4.21 Å². The average molecular weight is 284 g/mol. The highest BCUT2D eigenvalue weighted by molar-refractivity contribution is 7.84. The highest BCUT2D eigenvalue weighted by Crippen LogP contribution is 2.21. The van der Waals surface area contributed by atoms with E-state index < -0.39 is 10.8 Å². The molecule has 0 aliphatic rings. The third kappa shape index (κ3) is 5.14. The number of nitrogens with zero attached hydrogens (tertiary/aromatic N) is 2. The van der Waals surface area contributed by atoms with E-state index in [0.29, 0.717) is 18.1 Å². The smallest absolute Gasteiger partial charge is 0.138 e. The molecule has 0 saturated heterocycles. The fourth-order valence-corrected chi connectivity index (χ4v) is 2.06. The average Bonchev–Trinajstić information content (AvgIpc) is 2.37. The molecule has 0 spiro atoms. The van der Waals surface area contributed by atoms with E-state index in [4.69, 9.17) is 0 Å². The van der Waals surface area contributed by atoms with Crippen molar-refractivity contribution in [3.8, 4) is 0 Å². The Kier molecular flexibility index (Phi) is 5.72. The number of hydrogen-bond acceptors (Lipinski definition) is 5. The van der Waals surface area contributed by atoms with Crippen molar-refractivity contribution in [2.24, 2.45) is 0 Å². The van der Waals surface area contributed by atoms with Gasteiger partial charge in [0, 0.05) is 47.4 Å². The first-order chi connectivity index (χ1) is 8.86. The van der Waals surface area contributed by atoms with Gasteiger partial charge in [0.05, 0.1) is 0 Å². The fraction of sp³-hybridized carbons (Fsp3) is 0.692. The van der Waals surface area contributed by atoms with Gasteiger partial charge in [-0.05, 0) is 0 Å². The van der Waals surface area contributed by atoms with Gasteiger partial charge in [0.2, 0.25) is 0 Å². The Morgan fingerprint density at radius 3 is 2.42 bits per heavy atom. The topological polar surface area (TPSA) is 66.9 Å². The van der Waals surface area contributed by atoms with Gasteiger partial charge in [0.1, 0.15) is 17.5 Å². The van der Waals surface area contributed by atoms with Gasteiger partial charge in [-0.15, -0.1) is 0 Å². The van der Waals surface area contributed by atoms with Crippen molar-refractivity contribution in [2.75, 3.05) is 35.7 Å². The van der Waals surface area contributed by atoms with Crippen LogP contribution in [0.25, 0.3) is 0 Å². The zero-order chi connectivity index (χ0) is 14.5. The maximum absolute atomic E-state index is 11.4. The zero-order valence-electron chi connectivity index (χ0n) is 12.4. The first kappa shape index (κ1) is 15.9. The summed E-state index contributed by atoms with van der Waals surface area (Å²) in [6.45, 7) is 8.83. The van der Waals surface area contributed by atoms with Crippen LogP contribution >= 0.6 is 0 Å². The molecule has 0 aliphatic carbocycles. The summed E-state index contributed by atoms with van der Waals surface area (Å²) in [7, 11) is 1.09. The lowest BCUT2D eigenvalue weighted by Gasteiger charge is -2.18. The summed E-state index contributed by atoms with van der Waals surface area (Å²) in [5.41, 5.74) is -0.102. The molecule has 5 nitrogen and oxygen atoms in total. The summed E-state index contributed by atoms with van der Waals surface area (Å²) in [6, 6.07) is 1.87. The first-order valence-corrected chi connectivity index (χ1v) is 8.01. The van der Waals surface area contributed by atoms with Crippen LogP contribution in [0.1, 0.15) is 33.5 Å².